The molecule has 2 aromatic carbocycles. The predicted octanol–water partition coefficient (Wildman–Crippen LogP) is 3.72. The second-order valence-corrected chi connectivity index (χ2v) is 6.51. The molecule has 0 aliphatic rings. The second-order valence-electron chi connectivity index (χ2n) is 5.75. The third-order valence-corrected chi connectivity index (χ3v) is 4.18. The lowest BCUT2D eigenvalue weighted by molar-refractivity contribution is -0.138. The molecular weight excluding hydrogens is 375 g/mol. The molecule has 0 saturated heterocycles. The molecule has 0 fully saturated rings. The van der Waals surface area contributed by atoms with Gasteiger partial charge in [-0.05, 0) is 48.4 Å². The maximum absolute atomic E-state index is 10.8. The molecule has 3 N–H and O–H groups in total. The number of anilines is 1. The van der Waals surface area contributed by atoms with Gasteiger partial charge in [-0.3, -0.25) is 4.79 Å². The molecule has 2 aromatic rings. The van der Waals surface area contributed by atoms with E-state index in [2.05, 4.69) is 4.90 Å². The molecule has 0 aliphatic heterocycles. The molecule has 1 unspecified atom stereocenters. The van der Waals surface area contributed by atoms with Crippen molar-refractivity contribution >= 4 is 34.9 Å². The quantitative estimate of drug-likeness (QED) is 0.598. The second kappa shape index (κ2) is 10.3. The first-order valence-corrected chi connectivity index (χ1v) is 9.32. The molecule has 1 atom stereocenters. The molecule has 0 saturated carbocycles. The number of hydrogen-bond donors (Lipinski definition) is 2. The van der Waals surface area contributed by atoms with Crippen LogP contribution in [-0.4, -0.2) is 42.0 Å². The van der Waals surface area contributed by atoms with Crippen molar-refractivity contribution in [3.63, 3.8) is 0 Å². The Morgan fingerprint density at radius 2 is 1.50 bits per heavy atom. The number of hydrogen-bond acceptors (Lipinski definition) is 4. The number of ether oxygens (including phenoxy) is 1. The van der Waals surface area contributed by atoms with Crippen LogP contribution in [0.3, 0.4) is 0 Å². The number of aliphatic carboxylic acids is 1. The van der Waals surface area contributed by atoms with Crippen molar-refractivity contribution in [2.24, 2.45) is 5.73 Å². The fraction of sp³-hybridized carbons (Fsp3) is 0.316. The summed E-state index contributed by atoms with van der Waals surface area (Å²) in [4.78, 5) is 12.9. The van der Waals surface area contributed by atoms with E-state index in [9.17, 15) is 4.79 Å². The summed E-state index contributed by atoms with van der Waals surface area (Å²) in [7, 11) is 0. The highest BCUT2D eigenvalue weighted by Crippen LogP contribution is 2.25. The molecule has 140 valence electrons. The Labute approximate surface area is 163 Å². The van der Waals surface area contributed by atoms with Gasteiger partial charge in [-0.15, -0.1) is 23.2 Å². The van der Waals surface area contributed by atoms with Crippen LogP contribution < -0.4 is 15.4 Å². The van der Waals surface area contributed by atoms with E-state index in [4.69, 9.17) is 38.8 Å². The zero-order valence-corrected chi connectivity index (χ0v) is 15.8. The van der Waals surface area contributed by atoms with E-state index in [1.54, 1.807) is 12.1 Å². The van der Waals surface area contributed by atoms with E-state index in [0.29, 0.717) is 23.3 Å². The maximum atomic E-state index is 10.8. The fourth-order valence-electron chi connectivity index (χ4n) is 2.47. The zero-order valence-electron chi connectivity index (χ0n) is 14.3. The number of alkyl halides is 2. The average Bonchev–Trinajstić information content (AvgIpc) is 2.64. The van der Waals surface area contributed by atoms with Gasteiger partial charge in [0.2, 0.25) is 0 Å². The number of nitrogens with two attached hydrogens (primary N) is 1. The summed E-state index contributed by atoms with van der Waals surface area (Å²) in [5.74, 6) is 1.44. The van der Waals surface area contributed by atoms with E-state index in [1.165, 1.54) is 0 Å². The Bertz CT molecular complexity index is 687. The van der Waals surface area contributed by atoms with Crippen molar-refractivity contribution in [2.75, 3.05) is 29.7 Å². The van der Waals surface area contributed by atoms with Crippen LogP contribution in [-0.2, 0) is 11.2 Å². The molecule has 26 heavy (non-hydrogen) atoms. The van der Waals surface area contributed by atoms with Crippen molar-refractivity contribution in [1.82, 2.24) is 0 Å². The first-order chi connectivity index (χ1) is 12.5. The van der Waals surface area contributed by atoms with Gasteiger partial charge in [0.1, 0.15) is 17.5 Å². The minimum absolute atomic E-state index is 0.279. The minimum Gasteiger partial charge on any atom is -0.480 e. The first-order valence-electron chi connectivity index (χ1n) is 8.25. The van der Waals surface area contributed by atoms with Crippen LogP contribution in [0.4, 0.5) is 5.69 Å². The number of benzene rings is 2. The van der Waals surface area contributed by atoms with E-state index in [0.717, 1.165) is 24.3 Å². The lowest BCUT2D eigenvalue weighted by Crippen LogP contribution is -2.32. The molecule has 0 heterocycles. The number of carboxylic acid groups (broad SMARTS) is 1. The van der Waals surface area contributed by atoms with Crippen LogP contribution in [0, 0.1) is 0 Å². The van der Waals surface area contributed by atoms with Crippen LogP contribution in [0.5, 0.6) is 11.5 Å². The first kappa shape index (κ1) is 20.4. The maximum Gasteiger partial charge on any atom is 0.320 e. The van der Waals surface area contributed by atoms with Crippen LogP contribution in [0.15, 0.2) is 48.5 Å². The highest BCUT2D eigenvalue weighted by molar-refractivity contribution is 6.18. The summed E-state index contributed by atoms with van der Waals surface area (Å²) in [6, 6.07) is 14.0. The molecule has 0 spiro atoms. The molecular formula is C19H22Cl2N2O3. The Kier molecular flexibility index (Phi) is 8.04. The summed E-state index contributed by atoms with van der Waals surface area (Å²) in [5.41, 5.74) is 7.43. The summed E-state index contributed by atoms with van der Waals surface area (Å²) < 4.78 is 5.82. The summed E-state index contributed by atoms with van der Waals surface area (Å²) in [5, 5.41) is 8.85. The summed E-state index contributed by atoms with van der Waals surface area (Å²) in [6.45, 7) is 1.46. The third kappa shape index (κ3) is 6.09. The lowest BCUT2D eigenvalue weighted by Gasteiger charge is -2.23. The highest BCUT2D eigenvalue weighted by atomic mass is 35.5. The number of nitrogens with zero attached hydrogens (tertiary/aromatic N) is 1. The summed E-state index contributed by atoms with van der Waals surface area (Å²) in [6.07, 6.45) is 0.279. The van der Waals surface area contributed by atoms with Crippen molar-refractivity contribution in [3.8, 4) is 11.5 Å². The number of halogens is 2. The van der Waals surface area contributed by atoms with Crippen LogP contribution >= 0.6 is 23.2 Å². The molecule has 0 amide bonds. The fourth-order valence-corrected chi connectivity index (χ4v) is 2.88. The van der Waals surface area contributed by atoms with E-state index >= 15 is 0 Å². The Balaban J connectivity index is 1.99. The van der Waals surface area contributed by atoms with Gasteiger partial charge in [-0.2, -0.15) is 0 Å². The van der Waals surface area contributed by atoms with Gasteiger partial charge in [0.05, 0.1) is 0 Å². The van der Waals surface area contributed by atoms with Gasteiger partial charge >= 0.3 is 5.97 Å². The number of carbonyl (C=O) groups is 1. The van der Waals surface area contributed by atoms with Gasteiger partial charge in [-0.25, -0.2) is 0 Å². The van der Waals surface area contributed by atoms with Crippen LogP contribution in [0.25, 0.3) is 0 Å². The normalized spacial score (nSPS) is 11.8. The monoisotopic (exact) mass is 396 g/mol. The molecule has 0 bridgehead atoms. The minimum atomic E-state index is -1.01. The number of carboxylic acids is 1. The molecule has 2 rings (SSSR count). The van der Waals surface area contributed by atoms with E-state index in [1.807, 2.05) is 36.4 Å². The summed E-state index contributed by atoms with van der Waals surface area (Å²) >= 11 is 11.7. The molecule has 7 heteroatoms. The predicted molar refractivity (Wildman–Crippen MR) is 106 cm³/mol. The number of rotatable bonds is 10. The van der Waals surface area contributed by atoms with E-state index < -0.39 is 12.0 Å². The Morgan fingerprint density at radius 3 is 1.96 bits per heavy atom. The lowest BCUT2D eigenvalue weighted by atomic mass is 10.1. The average molecular weight is 397 g/mol. The SMILES string of the molecule is NC(Cc1ccc(Oc2ccc(N(CCCl)CCCl)cc2)cc1)C(=O)O. The van der Waals surface area contributed by atoms with Crippen molar-refractivity contribution in [1.29, 1.82) is 0 Å². The molecule has 0 aromatic heterocycles. The topological polar surface area (TPSA) is 75.8 Å². The zero-order chi connectivity index (χ0) is 18.9. The van der Waals surface area contributed by atoms with E-state index in [-0.39, 0.29) is 6.42 Å². The van der Waals surface area contributed by atoms with Gasteiger partial charge < -0.3 is 20.5 Å². The van der Waals surface area contributed by atoms with Gasteiger partial charge in [0.25, 0.3) is 0 Å². The third-order valence-electron chi connectivity index (χ3n) is 3.84. The molecule has 0 aliphatic carbocycles. The standard InChI is InChI=1S/C19H22Cl2N2O3/c20-9-11-23(12-10-21)15-3-7-17(8-4-15)26-16-5-1-14(2-6-16)13-18(22)19(24)25/h1-8,18H,9-13,22H2,(H,24,25). The van der Waals surface area contributed by atoms with Gasteiger partial charge in [0.15, 0.2) is 0 Å². The van der Waals surface area contributed by atoms with Crippen molar-refractivity contribution < 1.29 is 14.6 Å². The van der Waals surface area contributed by atoms with Crippen molar-refractivity contribution in [3.05, 3.63) is 54.1 Å². The molecule has 5 nitrogen and oxygen atoms in total. The highest BCUT2D eigenvalue weighted by Gasteiger charge is 2.12. The van der Waals surface area contributed by atoms with Crippen LogP contribution in [0.2, 0.25) is 0 Å². The smallest absolute Gasteiger partial charge is 0.320 e. The largest absolute Gasteiger partial charge is 0.480 e. The molecule has 0 radical (unpaired) electrons. The van der Waals surface area contributed by atoms with Gasteiger partial charge in [-0.1, -0.05) is 12.1 Å². The Morgan fingerprint density at radius 1 is 1.00 bits per heavy atom. The Hall–Kier alpha value is -1.95. The van der Waals surface area contributed by atoms with Crippen LogP contribution in [0.1, 0.15) is 5.56 Å². The van der Waals surface area contributed by atoms with Gasteiger partial charge in [0, 0.05) is 30.5 Å². The van der Waals surface area contributed by atoms with Crippen molar-refractivity contribution in [2.45, 2.75) is 12.5 Å².